The minimum atomic E-state index is -0.387. The van der Waals surface area contributed by atoms with Crippen LogP contribution < -0.4 is 0 Å². The summed E-state index contributed by atoms with van der Waals surface area (Å²) in [5, 5.41) is 0. The molecule has 208 valence electrons. The van der Waals surface area contributed by atoms with E-state index in [2.05, 4.69) is 33.4 Å². The van der Waals surface area contributed by atoms with Gasteiger partial charge in [0.25, 0.3) is 0 Å². The smallest absolute Gasteiger partial charge is 0.330 e. The van der Waals surface area contributed by atoms with E-state index in [1.54, 1.807) is 0 Å². The average Bonchev–Trinajstić information content (AvgIpc) is 2.89. The molecule has 37 heavy (non-hydrogen) atoms. The van der Waals surface area contributed by atoms with Gasteiger partial charge in [-0.3, -0.25) is 9.59 Å². The van der Waals surface area contributed by atoms with Crippen LogP contribution in [0.3, 0.4) is 0 Å². The number of carbonyl (C=O) groups is 3. The highest BCUT2D eigenvalue weighted by Crippen LogP contribution is 2.37. The molecule has 0 N–H and O–H groups in total. The Bertz CT molecular complexity index is 799. The van der Waals surface area contributed by atoms with Gasteiger partial charge in [0, 0.05) is 18.6 Å². The average molecular weight is 517 g/mol. The molecule has 3 saturated carbocycles. The number of Topliss-reactive ketones (excluding diaryl/α,β-unsaturated/α-hetero) is 1. The predicted molar refractivity (Wildman–Crippen MR) is 144 cm³/mol. The first-order chi connectivity index (χ1) is 17.8. The Hall–Kier alpha value is -1.95. The quantitative estimate of drug-likeness (QED) is 0.180. The highest BCUT2D eigenvalue weighted by atomic mass is 16.5. The van der Waals surface area contributed by atoms with E-state index in [1.807, 2.05) is 0 Å². The fourth-order valence-electron chi connectivity index (χ4n) is 6.09. The number of ether oxygens (including phenoxy) is 3. The van der Waals surface area contributed by atoms with E-state index < -0.39 is 0 Å². The van der Waals surface area contributed by atoms with Crippen molar-refractivity contribution in [2.75, 3.05) is 13.2 Å². The lowest BCUT2D eigenvalue weighted by Gasteiger charge is -2.33. The molecule has 0 aromatic carbocycles. The van der Waals surface area contributed by atoms with Gasteiger partial charge in [-0.2, -0.15) is 0 Å². The van der Waals surface area contributed by atoms with Crippen molar-refractivity contribution in [1.29, 1.82) is 0 Å². The number of rotatable bonds is 11. The van der Waals surface area contributed by atoms with Crippen molar-refractivity contribution < 1.29 is 28.6 Å². The van der Waals surface area contributed by atoms with Crippen LogP contribution in [0.1, 0.15) is 97.8 Å². The minimum Gasteiger partial charge on any atom is -0.463 e. The number of ketones is 1. The third-order valence-electron chi connectivity index (χ3n) is 8.60. The van der Waals surface area contributed by atoms with E-state index in [-0.39, 0.29) is 36.0 Å². The molecule has 0 aliphatic heterocycles. The maximum Gasteiger partial charge on any atom is 0.330 e. The van der Waals surface area contributed by atoms with Crippen molar-refractivity contribution in [2.45, 2.75) is 110 Å². The lowest BCUT2D eigenvalue weighted by molar-refractivity contribution is -0.158. The second-order valence-electron chi connectivity index (χ2n) is 11.7. The summed E-state index contributed by atoms with van der Waals surface area (Å²) in [6, 6.07) is 0. The number of allylic oxidation sites excluding steroid dienone is 2. The summed E-state index contributed by atoms with van der Waals surface area (Å²) in [6.45, 7) is 10.9. The topological polar surface area (TPSA) is 78.9 Å². The summed E-state index contributed by atoms with van der Waals surface area (Å²) in [5.41, 5.74) is 1.06. The Morgan fingerprint density at radius 1 is 0.919 bits per heavy atom. The van der Waals surface area contributed by atoms with Crippen molar-refractivity contribution in [1.82, 2.24) is 0 Å². The van der Waals surface area contributed by atoms with E-state index in [1.165, 1.54) is 6.08 Å². The summed E-state index contributed by atoms with van der Waals surface area (Å²) in [6.07, 6.45) is 14.5. The van der Waals surface area contributed by atoms with Crippen LogP contribution in [0.2, 0.25) is 0 Å². The number of esters is 2. The second-order valence-corrected chi connectivity index (χ2v) is 11.7. The maximum atomic E-state index is 13.0. The van der Waals surface area contributed by atoms with Crippen molar-refractivity contribution in [3.63, 3.8) is 0 Å². The summed E-state index contributed by atoms with van der Waals surface area (Å²) in [5.74, 6) is 1.28. The summed E-state index contributed by atoms with van der Waals surface area (Å²) >= 11 is 0. The molecule has 0 aromatic heterocycles. The van der Waals surface area contributed by atoms with E-state index in [0.717, 1.165) is 82.6 Å². The largest absolute Gasteiger partial charge is 0.463 e. The molecular formula is C31H48O6. The van der Waals surface area contributed by atoms with Crippen molar-refractivity contribution in [3.8, 4) is 0 Å². The predicted octanol–water partition coefficient (Wildman–Crippen LogP) is 6.37. The molecule has 0 amide bonds. The fraction of sp³-hybridized carbons (Fsp3) is 0.774. The van der Waals surface area contributed by atoms with Crippen LogP contribution in [0, 0.1) is 29.6 Å². The van der Waals surface area contributed by atoms with Gasteiger partial charge in [-0.1, -0.05) is 33.4 Å². The first kappa shape index (κ1) is 29.6. The lowest BCUT2D eigenvalue weighted by Crippen LogP contribution is -2.32. The van der Waals surface area contributed by atoms with Gasteiger partial charge >= 0.3 is 11.9 Å². The normalized spacial score (nSPS) is 31.8. The third-order valence-corrected chi connectivity index (χ3v) is 8.60. The Morgan fingerprint density at radius 3 is 2.22 bits per heavy atom. The van der Waals surface area contributed by atoms with E-state index in [0.29, 0.717) is 36.8 Å². The van der Waals surface area contributed by atoms with Crippen molar-refractivity contribution in [2.24, 2.45) is 29.6 Å². The zero-order chi connectivity index (χ0) is 26.8. The molecule has 3 rings (SSSR count). The molecule has 3 aliphatic carbocycles. The monoisotopic (exact) mass is 516 g/mol. The molecule has 0 radical (unpaired) electrons. The Morgan fingerprint density at radius 2 is 1.57 bits per heavy atom. The molecule has 0 spiro atoms. The molecule has 0 heterocycles. The molecule has 2 atom stereocenters. The lowest BCUT2D eigenvalue weighted by atomic mass is 9.72. The van der Waals surface area contributed by atoms with Gasteiger partial charge in [0.05, 0.1) is 18.6 Å². The molecule has 3 fully saturated rings. The van der Waals surface area contributed by atoms with Crippen molar-refractivity contribution >= 4 is 17.7 Å². The molecule has 0 unspecified atom stereocenters. The SMILES string of the molecule is C=CC(=O)OCCCCOC1CCC(C(=O)OC2CCC(/C=C3/C(=O)[C@H](C(C)C)CC[C@@H]3C)CC2)CC1. The molecule has 6 nitrogen and oxygen atoms in total. The first-order valence-electron chi connectivity index (χ1n) is 14.7. The molecule has 0 aromatic rings. The second kappa shape index (κ2) is 14.8. The maximum absolute atomic E-state index is 13.0. The standard InChI is InChI=1S/C31H48O6/c1-5-29(32)36-19-7-6-18-35-25-15-11-24(12-16-25)31(34)37-26-13-9-23(10-14-26)20-28-22(4)8-17-27(21(2)3)30(28)33/h5,20-27H,1,6-19H2,2-4H3/b28-20+/t22-,23?,24?,25?,26?,27-/m0/s1. The first-order valence-corrected chi connectivity index (χ1v) is 14.7. The highest BCUT2D eigenvalue weighted by molar-refractivity contribution is 5.98. The number of hydrogen-bond acceptors (Lipinski definition) is 6. The molecule has 6 heteroatoms. The number of hydrogen-bond donors (Lipinski definition) is 0. The van der Waals surface area contributed by atoms with Crippen LogP contribution in [-0.4, -0.2) is 43.1 Å². The molecule has 0 bridgehead atoms. The summed E-state index contributed by atoms with van der Waals surface area (Å²) in [4.78, 5) is 36.8. The summed E-state index contributed by atoms with van der Waals surface area (Å²) in [7, 11) is 0. The molecule has 3 aliphatic rings. The zero-order valence-corrected chi connectivity index (χ0v) is 23.3. The third kappa shape index (κ3) is 9.08. The van der Waals surface area contributed by atoms with Crippen LogP contribution in [0.25, 0.3) is 0 Å². The van der Waals surface area contributed by atoms with Gasteiger partial charge in [-0.15, -0.1) is 0 Å². The molecular weight excluding hydrogens is 468 g/mol. The Kier molecular flexibility index (Phi) is 11.9. The molecule has 0 saturated heterocycles. The van der Waals surface area contributed by atoms with Gasteiger partial charge in [0.2, 0.25) is 0 Å². The highest BCUT2D eigenvalue weighted by Gasteiger charge is 2.34. The van der Waals surface area contributed by atoms with Crippen LogP contribution in [-0.2, 0) is 28.6 Å². The van der Waals surface area contributed by atoms with E-state index >= 15 is 0 Å². The van der Waals surface area contributed by atoms with E-state index in [4.69, 9.17) is 14.2 Å². The fourth-order valence-corrected chi connectivity index (χ4v) is 6.09. The van der Waals surface area contributed by atoms with Crippen LogP contribution in [0.4, 0.5) is 0 Å². The van der Waals surface area contributed by atoms with Gasteiger partial charge in [-0.05, 0) is 100 Å². The van der Waals surface area contributed by atoms with Gasteiger partial charge < -0.3 is 14.2 Å². The van der Waals surface area contributed by atoms with Crippen LogP contribution in [0.5, 0.6) is 0 Å². The summed E-state index contributed by atoms with van der Waals surface area (Å²) < 4.78 is 16.9. The number of unbranched alkanes of at least 4 members (excludes halogenated alkanes) is 1. The Balaban J connectivity index is 1.32. The van der Waals surface area contributed by atoms with Gasteiger partial charge in [-0.25, -0.2) is 4.79 Å². The van der Waals surface area contributed by atoms with E-state index in [9.17, 15) is 14.4 Å². The Labute approximate surface area is 223 Å². The zero-order valence-electron chi connectivity index (χ0n) is 23.3. The van der Waals surface area contributed by atoms with Crippen LogP contribution in [0.15, 0.2) is 24.3 Å². The van der Waals surface area contributed by atoms with Gasteiger partial charge in [0.1, 0.15) is 6.10 Å². The minimum absolute atomic E-state index is 0.00852. The van der Waals surface area contributed by atoms with Crippen molar-refractivity contribution in [3.05, 3.63) is 24.3 Å². The van der Waals surface area contributed by atoms with Crippen LogP contribution >= 0.6 is 0 Å². The number of carbonyl (C=O) groups excluding carboxylic acids is 3. The van der Waals surface area contributed by atoms with Gasteiger partial charge in [0.15, 0.2) is 5.78 Å².